The van der Waals surface area contributed by atoms with Gasteiger partial charge in [-0.15, -0.1) is 0 Å². The van der Waals surface area contributed by atoms with Gasteiger partial charge < -0.3 is 0 Å². The van der Waals surface area contributed by atoms with E-state index in [0.717, 1.165) is 12.8 Å². The molecule has 0 aromatic carbocycles. The van der Waals surface area contributed by atoms with Crippen LogP contribution in [0.1, 0.15) is 72.6 Å². The lowest BCUT2D eigenvalue weighted by molar-refractivity contribution is 0.301. The molecule has 0 saturated carbocycles. The monoisotopic (exact) mass is 220 g/mol. The molecule has 92 valence electrons. The Morgan fingerprint density at radius 2 is 1.69 bits per heavy atom. The lowest BCUT2D eigenvalue weighted by atomic mass is 9.72. The molecule has 0 spiro atoms. The number of unbranched alkanes of at least 4 members (excludes halogenated alkanes) is 2. The predicted molar refractivity (Wildman–Crippen MR) is 74.4 cm³/mol. The van der Waals surface area contributed by atoms with E-state index in [1.54, 1.807) is 0 Å². The maximum absolute atomic E-state index is 4.22. The molecule has 0 aliphatic carbocycles. The third-order valence-electron chi connectivity index (χ3n) is 3.62. The van der Waals surface area contributed by atoms with E-state index in [1.165, 1.54) is 37.7 Å². The fourth-order valence-corrected chi connectivity index (χ4v) is 2.12. The fourth-order valence-electron chi connectivity index (χ4n) is 2.12. The van der Waals surface area contributed by atoms with Crippen LogP contribution in [-0.2, 0) is 0 Å². The summed E-state index contributed by atoms with van der Waals surface area (Å²) in [5.74, 6) is 6.53. The number of hydrogen-bond acceptors (Lipinski definition) is 0. The Bertz CT molecular complexity index is 245. The highest BCUT2D eigenvalue weighted by molar-refractivity contribution is 5.32. The molecule has 0 unspecified atom stereocenters. The van der Waals surface area contributed by atoms with E-state index in [9.17, 15) is 0 Å². The zero-order valence-corrected chi connectivity index (χ0v) is 11.7. The molecule has 0 heterocycles. The molecule has 16 heavy (non-hydrogen) atoms. The first-order chi connectivity index (χ1) is 7.66. The van der Waals surface area contributed by atoms with Gasteiger partial charge in [-0.05, 0) is 25.7 Å². The van der Waals surface area contributed by atoms with Crippen molar-refractivity contribution in [2.45, 2.75) is 72.6 Å². The second kappa shape index (κ2) is 8.45. The normalized spacial score (nSPS) is 10.8. The van der Waals surface area contributed by atoms with Crippen molar-refractivity contribution < 1.29 is 0 Å². The minimum absolute atomic E-state index is 0.275. The summed E-state index contributed by atoms with van der Waals surface area (Å²) in [6, 6.07) is 0. The Hall–Kier alpha value is -0.700. The van der Waals surface area contributed by atoms with Crippen molar-refractivity contribution >= 4 is 0 Å². The van der Waals surface area contributed by atoms with Crippen LogP contribution in [0.15, 0.2) is 12.2 Å². The number of allylic oxidation sites excluding steroid dienone is 1. The highest BCUT2D eigenvalue weighted by atomic mass is 14.3. The minimum Gasteiger partial charge on any atom is -0.0982 e. The van der Waals surface area contributed by atoms with Gasteiger partial charge in [-0.25, -0.2) is 0 Å². The molecule has 0 saturated heterocycles. The number of hydrogen-bond donors (Lipinski definition) is 0. The molecule has 0 bridgehead atoms. The summed E-state index contributed by atoms with van der Waals surface area (Å²) < 4.78 is 0. The Balaban J connectivity index is 4.63. The summed E-state index contributed by atoms with van der Waals surface area (Å²) in [6.07, 6.45) is 8.27. The fraction of sp³-hybridized carbons (Fsp3) is 0.750. The van der Waals surface area contributed by atoms with Gasteiger partial charge in [0.15, 0.2) is 0 Å². The van der Waals surface area contributed by atoms with Crippen LogP contribution in [-0.4, -0.2) is 0 Å². The van der Waals surface area contributed by atoms with Gasteiger partial charge in [0, 0.05) is 17.4 Å². The van der Waals surface area contributed by atoms with Gasteiger partial charge >= 0.3 is 0 Å². The van der Waals surface area contributed by atoms with Crippen LogP contribution in [0.5, 0.6) is 0 Å². The first kappa shape index (κ1) is 15.3. The van der Waals surface area contributed by atoms with Crippen LogP contribution < -0.4 is 0 Å². The minimum atomic E-state index is 0.275. The topological polar surface area (TPSA) is 0 Å². The van der Waals surface area contributed by atoms with Crippen LogP contribution in [0, 0.1) is 17.3 Å². The summed E-state index contributed by atoms with van der Waals surface area (Å²) in [4.78, 5) is 0. The van der Waals surface area contributed by atoms with Gasteiger partial charge in [-0.3, -0.25) is 0 Å². The van der Waals surface area contributed by atoms with Crippen molar-refractivity contribution in [2.24, 2.45) is 5.41 Å². The summed E-state index contributed by atoms with van der Waals surface area (Å²) in [6.45, 7) is 13.2. The molecule has 0 fully saturated rings. The predicted octanol–water partition coefficient (Wildman–Crippen LogP) is 5.34. The van der Waals surface area contributed by atoms with Gasteiger partial charge in [0.25, 0.3) is 0 Å². The van der Waals surface area contributed by atoms with Crippen molar-refractivity contribution in [3.63, 3.8) is 0 Å². The molecule has 0 aliphatic heterocycles. The van der Waals surface area contributed by atoms with Crippen molar-refractivity contribution in [1.29, 1.82) is 0 Å². The largest absolute Gasteiger partial charge is 0.0982 e. The molecule has 0 amide bonds. The van der Waals surface area contributed by atoms with Crippen LogP contribution in [0.3, 0.4) is 0 Å². The molecular formula is C16H28. The molecule has 0 nitrogen and oxygen atoms in total. The van der Waals surface area contributed by atoms with Crippen molar-refractivity contribution in [3.05, 3.63) is 12.2 Å². The van der Waals surface area contributed by atoms with Crippen LogP contribution in [0.25, 0.3) is 0 Å². The lowest BCUT2D eigenvalue weighted by Gasteiger charge is -2.31. The molecule has 0 heteroatoms. The van der Waals surface area contributed by atoms with E-state index in [1.807, 2.05) is 0 Å². The molecular weight excluding hydrogens is 192 g/mol. The Morgan fingerprint density at radius 1 is 1.06 bits per heavy atom. The summed E-state index contributed by atoms with van der Waals surface area (Å²) in [5.41, 5.74) is 1.44. The third kappa shape index (κ3) is 4.44. The second-order valence-corrected chi connectivity index (χ2v) is 4.62. The first-order valence-electron chi connectivity index (χ1n) is 6.85. The Labute approximate surface area is 103 Å². The zero-order chi connectivity index (χ0) is 12.4. The highest BCUT2D eigenvalue weighted by Crippen LogP contribution is 2.38. The van der Waals surface area contributed by atoms with E-state index >= 15 is 0 Å². The summed E-state index contributed by atoms with van der Waals surface area (Å²) >= 11 is 0. The highest BCUT2D eigenvalue weighted by Gasteiger charge is 2.27. The van der Waals surface area contributed by atoms with Gasteiger partial charge in [-0.2, -0.15) is 0 Å². The molecule has 0 aromatic rings. The molecule has 0 atom stereocenters. The Kier molecular flexibility index (Phi) is 8.08. The molecule has 0 aliphatic rings. The summed E-state index contributed by atoms with van der Waals surface area (Å²) in [7, 11) is 0. The average Bonchev–Trinajstić information content (AvgIpc) is 2.31. The smallest absolute Gasteiger partial charge is 0.00897 e. The average molecular weight is 220 g/mol. The van der Waals surface area contributed by atoms with Gasteiger partial charge in [0.2, 0.25) is 0 Å². The SMILES string of the molecule is C=C(C#CCCC)C(CC)(CC)CCCC. The van der Waals surface area contributed by atoms with E-state index in [-0.39, 0.29) is 5.41 Å². The van der Waals surface area contributed by atoms with Gasteiger partial charge in [0.05, 0.1) is 0 Å². The number of rotatable bonds is 7. The van der Waals surface area contributed by atoms with Crippen molar-refractivity contribution in [1.82, 2.24) is 0 Å². The van der Waals surface area contributed by atoms with Crippen LogP contribution in [0.2, 0.25) is 0 Å². The summed E-state index contributed by atoms with van der Waals surface area (Å²) in [5, 5.41) is 0. The molecule has 0 N–H and O–H groups in total. The lowest BCUT2D eigenvalue weighted by Crippen LogP contribution is -2.20. The van der Waals surface area contributed by atoms with E-state index < -0.39 is 0 Å². The standard InChI is InChI=1S/C16H28/c1-6-10-12-13-15(5)16(8-3,9-4)14-11-7-2/h5-11,14H2,1-4H3. The van der Waals surface area contributed by atoms with E-state index in [2.05, 4.69) is 46.1 Å². The van der Waals surface area contributed by atoms with Crippen molar-refractivity contribution in [2.75, 3.05) is 0 Å². The van der Waals surface area contributed by atoms with Crippen LogP contribution in [0.4, 0.5) is 0 Å². The quantitative estimate of drug-likeness (QED) is 0.508. The molecule has 0 aromatic heterocycles. The van der Waals surface area contributed by atoms with Gasteiger partial charge in [0.1, 0.15) is 0 Å². The van der Waals surface area contributed by atoms with E-state index in [4.69, 9.17) is 0 Å². The van der Waals surface area contributed by atoms with Crippen molar-refractivity contribution in [3.8, 4) is 11.8 Å². The van der Waals surface area contributed by atoms with Gasteiger partial charge in [-0.1, -0.05) is 59.0 Å². The molecule has 0 radical (unpaired) electrons. The molecule has 0 rings (SSSR count). The maximum Gasteiger partial charge on any atom is 0.00897 e. The van der Waals surface area contributed by atoms with Crippen LogP contribution >= 0.6 is 0 Å². The maximum atomic E-state index is 4.22. The third-order valence-corrected chi connectivity index (χ3v) is 3.62. The van der Waals surface area contributed by atoms with E-state index in [0.29, 0.717) is 0 Å². The zero-order valence-electron chi connectivity index (χ0n) is 11.7. The first-order valence-corrected chi connectivity index (χ1v) is 6.85. The Morgan fingerprint density at radius 3 is 2.12 bits per heavy atom. The second-order valence-electron chi connectivity index (χ2n) is 4.62.